The van der Waals surface area contributed by atoms with Crippen molar-refractivity contribution in [2.24, 2.45) is 0 Å². The third-order valence-electron chi connectivity index (χ3n) is 3.25. The Hall–Kier alpha value is -2.80. The Morgan fingerprint density at radius 3 is 2.54 bits per heavy atom. The lowest BCUT2D eigenvalue weighted by Gasteiger charge is -2.11. The number of methoxy groups -OCH3 is 2. The Morgan fingerprint density at radius 2 is 1.96 bits per heavy atom. The maximum absolute atomic E-state index is 12.3. The van der Waals surface area contributed by atoms with Crippen LogP contribution in [0.5, 0.6) is 11.5 Å². The van der Waals surface area contributed by atoms with Gasteiger partial charge >= 0.3 is 0 Å². The van der Waals surface area contributed by atoms with E-state index in [4.69, 9.17) is 9.47 Å². The largest absolute Gasteiger partial charge is 0.493 e. The molecule has 0 fully saturated rings. The Morgan fingerprint density at radius 1 is 1.21 bits per heavy atom. The number of carbonyl (C=O) groups is 1. The standard InChI is InChI=1S/C17H21N3O4/c1-11(21)9-18-16-7-5-13(10-19-16)20-17(22)12-4-6-14(23-2)15(8-12)24-3/h4-8,10-11,21H,9H2,1-3H3,(H,18,19)(H,20,22). The maximum Gasteiger partial charge on any atom is 0.255 e. The maximum atomic E-state index is 12.3. The van der Waals surface area contributed by atoms with Crippen LogP contribution < -0.4 is 20.1 Å². The predicted octanol–water partition coefficient (Wildman–Crippen LogP) is 2.14. The first-order valence-electron chi connectivity index (χ1n) is 7.45. The third-order valence-corrected chi connectivity index (χ3v) is 3.25. The van der Waals surface area contributed by atoms with E-state index in [9.17, 15) is 9.90 Å². The van der Waals surface area contributed by atoms with E-state index in [-0.39, 0.29) is 5.91 Å². The number of ether oxygens (including phenoxy) is 2. The molecule has 2 aromatic rings. The van der Waals surface area contributed by atoms with Crippen LogP contribution in [0, 0.1) is 0 Å². The molecule has 0 aliphatic carbocycles. The zero-order chi connectivity index (χ0) is 17.5. The lowest BCUT2D eigenvalue weighted by Crippen LogP contribution is -2.16. The van der Waals surface area contributed by atoms with Gasteiger partial charge in [-0.15, -0.1) is 0 Å². The molecule has 0 bridgehead atoms. The highest BCUT2D eigenvalue weighted by Crippen LogP contribution is 2.27. The van der Waals surface area contributed by atoms with E-state index >= 15 is 0 Å². The molecular formula is C17H21N3O4. The van der Waals surface area contributed by atoms with E-state index in [1.165, 1.54) is 14.2 Å². The van der Waals surface area contributed by atoms with Crippen LogP contribution in [0.15, 0.2) is 36.5 Å². The van der Waals surface area contributed by atoms with Crippen LogP contribution in [0.2, 0.25) is 0 Å². The molecule has 1 aromatic carbocycles. The molecule has 1 unspecified atom stereocenters. The second-order valence-corrected chi connectivity index (χ2v) is 5.19. The van der Waals surface area contributed by atoms with Gasteiger partial charge in [0.1, 0.15) is 5.82 Å². The Labute approximate surface area is 140 Å². The fourth-order valence-electron chi connectivity index (χ4n) is 2.01. The lowest BCUT2D eigenvalue weighted by atomic mass is 10.2. The highest BCUT2D eigenvalue weighted by Gasteiger charge is 2.11. The normalized spacial score (nSPS) is 11.5. The number of nitrogens with zero attached hydrogens (tertiary/aromatic N) is 1. The molecule has 7 heteroatoms. The van der Waals surface area contributed by atoms with Gasteiger partial charge in [-0.25, -0.2) is 4.98 Å². The van der Waals surface area contributed by atoms with Crippen molar-refractivity contribution in [3.8, 4) is 11.5 Å². The molecule has 1 aromatic heterocycles. The molecule has 1 amide bonds. The van der Waals surface area contributed by atoms with Crippen molar-refractivity contribution in [2.45, 2.75) is 13.0 Å². The fourth-order valence-corrected chi connectivity index (χ4v) is 2.01. The number of amides is 1. The van der Waals surface area contributed by atoms with Crippen LogP contribution in [0.4, 0.5) is 11.5 Å². The number of benzene rings is 1. The first kappa shape index (κ1) is 17.6. The Bertz CT molecular complexity index is 687. The summed E-state index contributed by atoms with van der Waals surface area (Å²) in [5.41, 5.74) is 1.02. The van der Waals surface area contributed by atoms with Gasteiger partial charge in [-0.2, -0.15) is 0 Å². The number of nitrogens with one attached hydrogen (secondary N) is 2. The van der Waals surface area contributed by atoms with Crippen molar-refractivity contribution in [1.82, 2.24) is 4.98 Å². The average molecular weight is 331 g/mol. The van der Waals surface area contributed by atoms with Crippen LogP contribution >= 0.6 is 0 Å². The SMILES string of the molecule is COc1ccc(C(=O)Nc2ccc(NCC(C)O)nc2)cc1OC. The van der Waals surface area contributed by atoms with Crippen LogP contribution in [0.1, 0.15) is 17.3 Å². The van der Waals surface area contributed by atoms with Crippen molar-refractivity contribution in [3.63, 3.8) is 0 Å². The summed E-state index contributed by atoms with van der Waals surface area (Å²) in [6.45, 7) is 2.09. The average Bonchev–Trinajstić information content (AvgIpc) is 2.60. The van der Waals surface area contributed by atoms with Crippen molar-refractivity contribution in [1.29, 1.82) is 0 Å². The number of pyridine rings is 1. The van der Waals surface area contributed by atoms with Crippen LogP contribution in [-0.4, -0.2) is 42.9 Å². The molecule has 2 rings (SSSR count). The van der Waals surface area contributed by atoms with Crippen molar-refractivity contribution in [2.75, 3.05) is 31.4 Å². The zero-order valence-corrected chi connectivity index (χ0v) is 13.9. The molecule has 1 heterocycles. The fraction of sp³-hybridized carbons (Fsp3) is 0.294. The molecule has 0 aliphatic heterocycles. The first-order chi connectivity index (χ1) is 11.5. The molecule has 0 aliphatic rings. The smallest absolute Gasteiger partial charge is 0.255 e. The number of aliphatic hydroxyl groups is 1. The summed E-state index contributed by atoms with van der Waals surface area (Å²) >= 11 is 0. The minimum Gasteiger partial charge on any atom is -0.493 e. The minimum absolute atomic E-state index is 0.276. The van der Waals surface area contributed by atoms with Crippen molar-refractivity contribution < 1.29 is 19.4 Å². The first-order valence-corrected chi connectivity index (χ1v) is 7.45. The summed E-state index contributed by atoms with van der Waals surface area (Å²) in [4.78, 5) is 16.5. The van der Waals surface area contributed by atoms with Gasteiger partial charge in [-0.05, 0) is 37.3 Å². The number of hydrogen-bond donors (Lipinski definition) is 3. The second kappa shape index (κ2) is 8.16. The van der Waals surface area contributed by atoms with Gasteiger partial charge in [0, 0.05) is 12.1 Å². The van der Waals surface area contributed by atoms with Gasteiger partial charge < -0.3 is 25.2 Å². The molecule has 128 valence electrons. The number of aromatic nitrogens is 1. The summed E-state index contributed by atoms with van der Waals surface area (Å²) in [6, 6.07) is 8.40. The van der Waals surface area contributed by atoms with E-state index in [0.29, 0.717) is 35.1 Å². The summed E-state index contributed by atoms with van der Waals surface area (Å²) in [6.07, 6.45) is 1.08. The number of rotatable bonds is 7. The van der Waals surface area contributed by atoms with Gasteiger partial charge in [0.2, 0.25) is 0 Å². The van der Waals surface area contributed by atoms with Crippen LogP contribution in [0.25, 0.3) is 0 Å². The van der Waals surface area contributed by atoms with E-state index in [2.05, 4.69) is 15.6 Å². The summed E-state index contributed by atoms with van der Waals surface area (Å²) < 4.78 is 10.3. The highest BCUT2D eigenvalue weighted by atomic mass is 16.5. The molecule has 3 N–H and O–H groups in total. The molecule has 7 nitrogen and oxygen atoms in total. The van der Waals surface area contributed by atoms with E-state index in [0.717, 1.165) is 0 Å². The number of aliphatic hydroxyl groups excluding tert-OH is 1. The lowest BCUT2D eigenvalue weighted by molar-refractivity contribution is 0.102. The molecule has 0 saturated carbocycles. The summed E-state index contributed by atoms with van der Waals surface area (Å²) in [7, 11) is 3.05. The molecule has 1 atom stereocenters. The Kier molecular flexibility index (Phi) is 5.97. The van der Waals surface area contributed by atoms with Crippen molar-refractivity contribution >= 4 is 17.4 Å². The topological polar surface area (TPSA) is 92.7 Å². The molecule has 24 heavy (non-hydrogen) atoms. The monoisotopic (exact) mass is 331 g/mol. The van der Waals surface area contributed by atoms with Gasteiger partial charge in [0.25, 0.3) is 5.91 Å². The van der Waals surface area contributed by atoms with Gasteiger partial charge in [-0.3, -0.25) is 4.79 Å². The van der Waals surface area contributed by atoms with Crippen LogP contribution in [-0.2, 0) is 0 Å². The van der Waals surface area contributed by atoms with Gasteiger partial charge in [-0.1, -0.05) is 0 Å². The second-order valence-electron chi connectivity index (χ2n) is 5.19. The molecule has 0 radical (unpaired) electrons. The third kappa shape index (κ3) is 4.60. The number of anilines is 2. The van der Waals surface area contributed by atoms with E-state index in [1.807, 2.05) is 0 Å². The minimum atomic E-state index is -0.462. The predicted molar refractivity (Wildman–Crippen MR) is 91.9 cm³/mol. The summed E-state index contributed by atoms with van der Waals surface area (Å²) in [5.74, 6) is 1.40. The number of hydrogen-bond acceptors (Lipinski definition) is 6. The molecular weight excluding hydrogens is 310 g/mol. The highest BCUT2D eigenvalue weighted by molar-refractivity contribution is 6.04. The van der Waals surface area contributed by atoms with E-state index < -0.39 is 6.10 Å². The molecule has 0 saturated heterocycles. The van der Waals surface area contributed by atoms with E-state index in [1.54, 1.807) is 43.5 Å². The molecule has 0 spiro atoms. The van der Waals surface area contributed by atoms with Gasteiger partial charge in [0.15, 0.2) is 11.5 Å². The zero-order valence-electron chi connectivity index (χ0n) is 13.9. The Balaban J connectivity index is 2.04. The van der Waals surface area contributed by atoms with Gasteiger partial charge in [0.05, 0.1) is 32.2 Å². The number of carbonyl (C=O) groups excluding carboxylic acids is 1. The van der Waals surface area contributed by atoms with Crippen LogP contribution in [0.3, 0.4) is 0 Å². The quantitative estimate of drug-likeness (QED) is 0.720. The van der Waals surface area contributed by atoms with Crippen molar-refractivity contribution in [3.05, 3.63) is 42.1 Å². The summed E-state index contributed by atoms with van der Waals surface area (Å²) in [5, 5.41) is 15.0.